The molecule has 0 bridgehead atoms. The molecule has 4 rings (SSSR count). The minimum absolute atomic E-state index is 0.00618. The van der Waals surface area contributed by atoms with Crippen molar-refractivity contribution in [3.05, 3.63) is 59.8 Å². The molecular formula is C20H23N3O2. The zero-order chi connectivity index (χ0) is 17.2. The van der Waals surface area contributed by atoms with Gasteiger partial charge in [0.2, 0.25) is 0 Å². The third-order valence-corrected chi connectivity index (χ3v) is 4.66. The molecule has 2 aliphatic rings. The Bertz CT molecular complexity index is 728. The summed E-state index contributed by atoms with van der Waals surface area (Å²) in [7, 11) is 0. The van der Waals surface area contributed by atoms with Crippen LogP contribution in [0.3, 0.4) is 0 Å². The lowest BCUT2D eigenvalue weighted by molar-refractivity contribution is -0.0691. The van der Waals surface area contributed by atoms with E-state index in [4.69, 9.17) is 4.74 Å². The highest BCUT2D eigenvalue weighted by molar-refractivity contribution is 5.94. The number of carbonyl (C=O) groups excluding carboxylic acids is 1. The van der Waals surface area contributed by atoms with Crippen molar-refractivity contribution < 1.29 is 9.53 Å². The van der Waals surface area contributed by atoms with Crippen LogP contribution in [0.5, 0.6) is 0 Å². The van der Waals surface area contributed by atoms with Gasteiger partial charge >= 0.3 is 0 Å². The van der Waals surface area contributed by atoms with Crippen LogP contribution in [0.15, 0.2) is 48.7 Å². The van der Waals surface area contributed by atoms with Crippen molar-refractivity contribution in [3.8, 4) is 0 Å². The number of ether oxygens (including phenoxy) is 1. The van der Waals surface area contributed by atoms with E-state index in [9.17, 15) is 4.79 Å². The number of rotatable bonds is 4. The first-order chi connectivity index (χ1) is 12.2. The Kier molecular flexibility index (Phi) is 4.40. The van der Waals surface area contributed by atoms with Crippen LogP contribution in [0.2, 0.25) is 0 Å². The number of hydrogen-bond acceptors (Lipinski definition) is 4. The summed E-state index contributed by atoms with van der Waals surface area (Å²) in [5.74, 6) is 0.859. The van der Waals surface area contributed by atoms with Crippen molar-refractivity contribution in [1.82, 2.24) is 9.88 Å². The number of aromatic nitrogens is 1. The van der Waals surface area contributed by atoms with E-state index in [1.165, 1.54) is 12.8 Å². The fraction of sp³-hybridized carbons (Fsp3) is 0.400. The van der Waals surface area contributed by atoms with Gasteiger partial charge in [0.25, 0.3) is 5.91 Å². The Morgan fingerprint density at radius 3 is 2.64 bits per heavy atom. The average molecular weight is 337 g/mol. The number of nitrogens with zero attached hydrogens (tertiary/aromatic N) is 2. The molecule has 1 N–H and O–H groups in total. The van der Waals surface area contributed by atoms with Crippen LogP contribution in [0.1, 0.15) is 41.8 Å². The second-order valence-corrected chi connectivity index (χ2v) is 6.91. The van der Waals surface area contributed by atoms with Crippen molar-refractivity contribution >= 4 is 11.7 Å². The maximum atomic E-state index is 12.9. The van der Waals surface area contributed by atoms with Crippen LogP contribution >= 0.6 is 0 Å². The van der Waals surface area contributed by atoms with Gasteiger partial charge < -0.3 is 15.0 Å². The largest absolute Gasteiger partial charge is 0.367 e. The Morgan fingerprint density at radius 1 is 1.16 bits per heavy atom. The summed E-state index contributed by atoms with van der Waals surface area (Å²) in [6.45, 7) is 3.18. The van der Waals surface area contributed by atoms with Gasteiger partial charge in [0.1, 0.15) is 11.9 Å². The molecule has 1 saturated heterocycles. The Balaban J connectivity index is 1.46. The van der Waals surface area contributed by atoms with Gasteiger partial charge in [0.15, 0.2) is 0 Å². The molecule has 1 aromatic heterocycles. The van der Waals surface area contributed by atoms with E-state index in [0.717, 1.165) is 11.4 Å². The predicted molar refractivity (Wildman–Crippen MR) is 96.5 cm³/mol. The first kappa shape index (κ1) is 16.1. The lowest BCUT2D eigenvalue weighted by Gasteiger charge is -2.37. The molecule has 0 spiro atoms. The number of nitrogens with one attached hydrogen (secondary N) is 1. The number of carbonyl (C=O) groups is 1. The smallest absolute Gasteiger partial charge is 0.255 e. The van der Waals surface area contributed by atoms with E-state index in [1.807, 2.05) is 54.3 Å². The van der Waals surface area contributed by atoms with Crippen LogP contribution in [-0.2, 0) is 4.74 Å². The third kappa shape index (κ3) is 3.82. The fourth-order valence-corrected chi connectivity index (χ4v) is 3.19. The summed E-state index contributed by atoms with van der Waals surface area (Å²) in [5.41, 5.74) is 1.73. The van der Waals surface area contributed by atoms with E-state index in [2.05, 4.69) is 10.3 Å². The van der Waals surface area contributed by atoms with E-state index < -0.39 is 0 Å². The summed E-state index contributed by atoms with van der Waals surface area (Å²) >= 11 is 0. The molecule has 2 heterocycles. The molecule has 1 aliphatic carbocycles. The van der Waals surface area contributed by atoms with Crippen molar-refractivity contribution in [3.63, 3.8) is 0 Å². The number of amides is 1. The molecule has 1 aliphatic heterocycles. The summed E-state index contributed by atoms with van der Waals surface area (Å²) in [5, 5.41) is 3.34. The van der Waals surface area contributed by atoms with Crippen molar-refractivity contribution in [2.75, 3.05) is 18.4 Å². The van der Waals surface area contributed by atoms with E-state index in [1.54, 1.807) is 6.20 Å². The maximum Gasteiger partial charge on any atom is 0.255 e. The SMILES string of the molecule is CC1CN(C(=O)c2ccc(NC3CC3)nc2)CC(c2ccccc2)O1. The minimum Gasteiger partial charge on any atom is -0.367 e. The summed E-state index contributed by atoms with van der Waals surface area (Å²) in [4.78, 5) is 19.1. The number of pyridine rings is 1. The molecule has 130 valence electrons. The molecule has 25 heavy (non-hydrogen) atoms. The second kappa shape index (κ2) is 6.84. The Morgan fingerprint density at radius 2 is 1.96 bits per heavy atom. The van der Waals surface area contributed by atoms with Gasteiger partial charge in [0, 0.05) is 18.8 Å². The van der Waals surface area contributed by atoms with Crippen LogP contribution in [-0.4, -0.2) is 41.0 Å². The van der Waals surface area contributed by atoms with Gasteiger partial charge in [-0.2, -0.15) is 0 Å². The lowest BCUT2D eigenvalue weighted by Crippen LogP contribution is -2.46. The van der Waals surface area contributed by atoms with Crippen molar-refractivity contribution in [1.29, 1.82) is 0 Å². The molecule has 5 nitrogen and oxygen atoms in total. The van der Waals surface area contributed by atoms with Gasteiger partial charge in [-0.1, -0.05) is 30.3 Å². The monoisotopic (exact) mass is 337 g/mol. The molecule has 0 radical (unpaired) electrons. The number of morpholine rings is 1. The van der Waals surface area contributed by atoms with Gasteiger partial charge in [-0.3, -0.25) is 4.79 Å². The van der Waals surface area contributed by atoms with Gasteiger partial charge in [-0.15, -0.1) is 0 Å². The fourth-order valence-electron chi connectivity index (χ4n) is 3.19. The van der Waals surface area contributed by atoms with E-state index in [0.29, 0.717) is 24.7 Å². The van der Waals surface area contributed by atoms with Crippen LogP contribution in [0.25, 0.3) is 0 Å². The number of benzene rings is 1. The molecule has 2 atom stereocenters. The predicted octanol–water partition coefficient (Wildman–Crippen LogP) is 3.26. The standard InChI is InChI=1S/C20H23N3O2/c1-14-12-23(13-18(25-14)15-5-3-2-4-6-15)20(24)16-7-10-19(21-11-16)22-17-8-9-17/h2-7,10-11,14,17-18H,8-9,12-13H2,1H3,(H,21,22). The van der Waals surface area contributed by atoms with Crippen molar-refractivity contribution in [2.45, 2.75) is 38.0 Å². The Hall–Kier alpha value is -2.40. The highest BCUT2D eigenvalue weighted by Gasteiger charge is 2.30. The molecule has 1 amide bonds. The molecule has 1 aromatic carbocycles. The van der Waals surface area contributed by atoms with Crippen LogP contribution in [0.4, 0.5) is 5.82 Å². The molecule has 1 saturated carbocycles. The quantitative estimate of drug-likeness (QED) is 0.930. The normalized spacial score (nSPS) is 23.3. The third-order valence-electron chi connectivity index (χ3n) is 4.66. The molecular weight excluding hydrogens is 314 g/mol. The van der Waals surface area contributed by atoms with E-state index >= 15 is 0 Å². The number of anilines is 1. The average Bonchev–Trinajstić information content (AvgIpc) is 3.46. The zero-order valence-electron chi connectivity index (χ0n) is 14.4. The second-order valence-electron chi connectivity index (χ2n) is 6.91. The van der Waals surface area contributed by atoms with Gasteiger partial charge in [-0.25, -0.2) is 4.98 Å². The van der Waals surface area contributed by atoms with Gasteiger partial charge in [0.05, 0.1) is 18.2 Å². The highest BCUT2D eigenvalue weighted by atomic mass is 16.5. The molecule has 5 heteroatoms. The first-order valence-corrected chi connectivity index (χ1v) is 8.91. The minimum atomic E-state index is -0.0855. The first-order valence-electron chi connectivity index (χ1n) is 8.91. The summed E-state index contributed by atoms with van der Waals surface area (Å²) in [6.07, 6.45) is 4.00. The lowest BCUT2D eigenvalue weighted by atomic mass is 10.1. The summed E-state index contributed by atoms with van der Waals surface area (Å²) in [6, 6.07) is 14.4. The van der Waals surface area contributed by atoms with Crippen LogP contribution < -0.4 is 5.32 Å². The molecule has 2 fully saturated rings. The van der Waals surface area contributed by atoms with Crippen LogP contribution in [0, 0.1) is 0 Å². The summed E-state index contributed by atoms with van der Waals surface area (Å²) < 4.78 is 6.04. The highest BCUT2D eigenvalue weighted by Crippen LogP contribution is 2.27. The van der Waals surface area contributed by atoms with E-state index in [-0.39, 0.29) is 18.1 Å². The Labute approximate surface area is 148 Å². The topological polar surface area (TPSA) is 54.5 Å². The molecule has 2 aromatic rings. The van der Waals surface area contributed by atoms with Crippen molar-refractivity contribution in [2.24, 2.45) is 0 Å². The maximum absolute atomic E-state index is 12.9. The molecule has 2 unspecified atom stereocenters. The number of hydrogen-bond donors (Lipinski definition) is 1. The zero-order valence-corrected chi connectivity index (χ0v) is 14.4. The van der Waals surface area contributed by atoms with Gasteiger partial charge in [-0.05, 0) is 37.5 Å².